The maximum atomic E-state index is 12.5. The quantitative estimate of drug-likeness (QED) is 0.619. The van der Waals surface area contributed by atoms with Gasteiger partial charge in [-0.15, -0.1) is 10.2 Å². The summed E-state index contributed by atoms with van der Waals surface area (Å²) >= 11 is 5.80. The normalized spacial score (nSPS) is 12.0. The van der Waals surface area contributed by atoms with E-state index in [4.69, 9.17) is 16.0 Å². The van der Waals surface area contributed by atoms with E-state index >= 15 is 0 Å². The lowest BCUT2D eigenvalue weighted by Crippen LogP contribution is -2.03. The zero-order valence-corrected chi connectivity index (χ0v) is 12.8. The Morgan fingerprint density at radius 1 is 0.875 bits per heavy atom. The van der Waals surface area contributed by atoms with Gasteiger partial charge in [0.1, 0.15) is 0 Å². The fourth-order valence-electron chi connectivity index (χ4n) is 1.96. The van der Waals surface area contributed by atoms with Gasteiger partial charge < -0.3 is 4.42 Å². The lowest BCUT2D eigenvalue weighted by atomic mass is 10.1. The van der Waals surface area contributed by atoms with E-state index in [1.807, 2.05) is 12.1 Å². The van der Waals surface area contributed by atoms with Crippen molar-refractivity contribution in [2.45, 2.75) is 6.18 Å². The summed E-state index contributed by atoms with van der Waals surface area (Å²) in [4.78, 5) is 0. The van der Waals surface area contributed by atoms with Gasteiger partial charge in [0.15, 0.2) is 0 Å². The molecule has 0 amide bonds. The molecule has 0 spiro atoms. The molecule has 3 nitrogen and oxygen atoms in total. The molecule has 0 aliphatic rings. The first-order chi connectivity index (χ1) is 11.4. The van der Waals surface area contributed by atoms with Crippen molar-refractivity contribution in [2.75, 3.05) is 0 Å². The minimum Gasteiger partial charge on any atom is -0.417 e. The van der Waals surface area contributed by atoms with E-state index in [9.17, 15) is 13.2 Å². The summed E-state index contributed by atoms with van der Waals surface area (Å²) in [6.07, 6.45) is -0.996. The number of hydrogen-bond donors (Lipinski definition) is 0. The van der Waals surface area contributed by atoms with Crippen molar-refractivity contribution in [3.8, 4) is 11.5 Å². The summed E-state index contributed by atoms with van der Waals surface area (Å²) < 4.78 is 43.1. The third kappa shape index (κ3) is 3.83. The highest BCUT2D eigenvalue weighted by molar-refractivity contribution is 6.30. The third-order valence-corrected chi connectivity index (χ3v) is 3.44. The zero-order valence-electron chi connectivity index (χ0n) is 12.1. The van der Waals surface area contributed by atoms with Gasteiger partial charge in [0, 0.05) is 16.7 Å². The number of benzene rings is 2. The second-order valence-electron chi connectivity index (χ2n) is 4.91. The largest absolute Gasteiger partial charge is 0.417 e. The van der Waals surface area contributed by atoms with Crippen LogP contribution >= 0.6 is 11.6 Å². The van der Waals surface area contributed by atoms with E-state index in [1.165, 1.54) is 12.1 Å². The van der Waals surface area contributed by atoms with Gasteiger partial charge in [0.25, 0.3) is 0 Å². The SMILES string of the molecule is FC(F)(F)c1ccc(-c2nnc(C=Cc3ccc(Cl)cc3)o2)cc1. The highest BCUT2D eigenvalue weighted by Crippen LogP contribution is 2.30. The molecule has 0 aliphatic carbocycles. The van der Waals surface area contributed by atoms with Gasteiger partial charge in [-0.2, -0.15) is 13.2 Å². The number of aromatic nitrogens is 2. The van der Waals surface area contributed by atoms with Crippen molar-refractivity contribution in [1.29, 1.82) is 0 Å². The Labute approximate surface area is 140 Å². The van der Waals surface area contributed by atoms with Crippen LogP contribution in [0, 0.1) is 0 Å². The number of halogens is 4. The van der Waals surface area contributed by atoms with Crippen LogP contribution < -0.4 is 0 Å². The van der Waals surface area contributed by atoms with Gasteiger partial charge in [-0.05, 0) is 48.0 Å². The predicted octanol–water partition coefficient (Wildman–Crippen LogP) is 5.58. The van der Waals surface area contributed by atoms with Crippen LogP contribution in [0.25, 0.3) is 23.6 Å². The molecule has 0 atom stereocenters. The molecule has 3 aromatic rings. The monoisotopic (exact) mass is 350 g/mol. The van der Waals surface area contributed by atoms with Gasteiger partial charge in [0.05, 0.1) is 5.56 Å². The van der Waals surface area contributed by atoms with E-state index in [-0.39, 0.29) is 11.8 Å². The topological polar surface area (TPSA) is 38.9 Å². The average molecular weight is 351 g/mol. The second-order valence-corrected chi connectivity index (χ2v) is 5.34. The highest BCUT2D eigenvalue weighted by atomic mass is 35.5. The molecule has 122 valence electrons. The molecule has 2 aromatic carbocycles. The van der Waals surface area contributed by atoms with Gasteiger partial charge in [-0.3, -0.25) is 0 Å². The Morgan fingerprint density at radius 2 is 1.54 bits per heavy atom. The molecule has 0 aliphatic heterocycles. The molecule has 0 bridgehead atoms. The number of nitrogens with zero attached hydrogens (tertiary/aromatic N) is 2. The molecule has 0 saturated carbocycles. The summed E-state index contributed by atoms with van der Waals surface area (Å²) in [5.74, 6) is 0.402. The van der Waals surface area contributed by atoms with E-state index < -0.39 is 11.7 Å². The Bertz CT molecular complexity index is 853. The van der Waals surface area contributed by atoms with Crippen molar-refractivity contribution in [3.05, 3.63) is 70.6 Å². The van der Waals surface area contributed by atoms with Crippen LogP contribution in [-0.2, 0) is 6.18 Å². The number of rotatable bonds is 3. The summed E-state index contributed by atoms with van der Waals surface area (Å²) in [5.41, 5.74) is 0.587. The summed E-state index contributed by atoms with van der Waals surface area (Å²) in [6, 6.07) is 11.7. The van der Waals surface area contributed by atoms with E-state index in [0.717, 1.165) is 17.7 Å². The molecule has 0 saturated heterocycles. The number of alkyl halides is 3. The summed E-state index contributed by atoms with van der Waals surface area (Å²) in [7, 11) is 0. The van der Waals surface area contributed by atoms with Crippen LogP contribution in [0.3, 0.4) is 0 Å². The van der Waals surface area contributed by atoms with Gasteiger partial charge in [-0.1, -0.05) is 23.7 Å². The maximum Gasteiger partial charge on any atom is 0.416 e. The predicted molar refractivity (Wildman–Crippen MR) is 85.1 cm³/mol. The number of hydrogen-bond acceptors (Lipinski definition) is 3. The van der Waals surface area contributed by atoms with Crippen LogP contribution in [0.4, 0.5) is 13.2 Å². The van der Waals surface area contributed by atoms with E-state index in [2.05, 4.69) is 10.2 Å². The molecule has 0 fully saturated rings. The molecule has 24 heavy (non-hydrogen) atoms. The second kappa shape index (κ2) is 6.49. The highest BCUT2D eigenvalue weighted by Gasteiger charge is 2.30. The first-order valence-electron chi connectivity index (χ1n) is 6.86. The van der Waals surface area contributed by atoms with Crippen LogP contribution in [0.15, 0.2) is 52.9 Å². The third-order valence-electron chi connectivity index (χ3n) is 3.19. The minimum absolute atomic E-state index is 0.152. The molecule has 1 aromatic heterocycles. The van der Waals surface area contributed by atoms with Gasteiger partial charge in [-0.25, -0.2) is 0 Å². The van der Waals surface area contributed by atoms with Crippen LogP contribution in [0.2, 0.25) is 5.02 Å². The van der Waals surface area contributed by atoms with Gasteiger partial charge in [0.2, 0.25) is 11.8 Å². The van der Waals surface area contributed by atoms with Crippen molar-refractivity contribution < 1.29 is 17.6 Å². The summed E-state index contributed by atoms with van der Waals surface area (Å²) in [5, 5.41) is 8.31. The van der Waals surface area contributed by atoms with Crippen molar-refractivity contribution in [3.63, 3.8) is 0 Å². The van der Waals surface area contributed by atoms with Gasteiger partial charge >= 0.3 is 6.18 Å². The molecule has 0 radical (unpaired) electrons. The Kier molecular flexibility index (Phi) is 4.40. The van der Waals surface area contributed by atoms with Crippen molar-refractivity contribution in [1.82, 2.24) is 10.2 Å². The molecule has 7 heteroatoms. The smallest absolute Gasteiger partial charge is 0.416 e. The first kappa shape index (κ1) is 16.3. The standard InChI is InChI=1S/C17H10ClF3N2O/c18-14-8-1-11(2-9-14)3-10-15-22-23-16(24-15)12-4-6-13(7-5-12)17(19,20)21/h1-10H. The lowest BCUT2D eigenvalue weighted by molar-refractivity contribution is -0.137. The van der Waals surface area contributed by atoms with Crippen molar-refractivity contribution >= 4 is 23.8 Å². The molecule has 0 unspecified atom stereocenters. The van der Waals surface area contributed by atoms with Crippen LogP contribution in [0.5, 0.6) is 0 Å². The van der Waals surface area contributed by atoms with E-state index in [1.54, 1.807) is 24.3 Å². The van der Waals surface area contributed by atoms with E-state index in [0.29, 0.717) is 10.6 Å². The first-order valence-corrected chi connectivity index (χ1v) is 7.24. The fraction of sp³-hybridized carbons (Fsp3) is 0.0588. The molecular formula is C17H10ClF3N2O. The molecule has 3 rings (SSSR count). The zero-order chi connectivity index (χ0) is 17.2. The van der Waals surface area contributed by atoms with Crippen molar-refractivity contribution in [2.24, 2.45) is 0 Å². The average Bonchev–Trinajstić information content (AvgIpc) is 3.03. The molecular weight excluding hydrogens is 341 g/mol. The van der Waals surface area contributed by atoms with Crippen LogP contribution in [-0.4, -0.2) is 10.2 Å². The Morgan fingerprint density at radius 3 is 2.17 bits per heavy atom. The minimum atomic E-state index is -4.38. The molecule has 0 N–H and O–H groups in total. The molecule has 1 heterocycles. The van der Waals surface area contributed by atoms with Crippen LogP contribution in [0.1, 0.15) is 17.0 Å². The summed E-state index contributed by atoms with van der Waals surface area (Å²) in [6.45, 7) is 0. The fourth-order valence-corrected chi connectivity index (χ4v) is 2.09. The maximum absolute atomic E-state index is 12.5. The lowest BCUT2D eigenvalue weighted by Gasteiger charge is -2.05. The Hall–Kier alpha value is -2.60. The Balaban J connectivity index is 1.76.